The summed E-state index contributed by atoms with van der Waals surface area (Å²) in [4.78, 5) is 11.8. The number of fused-ring (bicyclic) bond motifs is 5. The summed E-state index contributed by atoms with van der Waals surface area (Å²) in [5, 5.41) is 0. The molecule has 4 aliphatic rings. The lowest BCUT2D eigenvalue weighted by Gasteiger charge is -2.69. The molecule has 0 saturated heterocycles. The molecule has 0 aromatic heterocycles. The molecule has 0 N–H and O–H groups in total. The Bertz CT molecular complexity index is 873. The van der Waals surface area contributed by atoms with E-state index in [9.17, 15) is 4.79 Å². The molecule has 4 rings (SSSR count). The second-order valence-electron chi connectivity index (χ2n) is 14.2. The summed E-state index contributed by atoms with van der Waals surface area (Å²) in [6.07, 6.45) is 15.2. The third-order valence-corrected chi connectivity index (χ3v) is 11.9. The molecule has 0 heterocycles. The predicted molar refractivity (Wildman–Crippen MR) is 142 cm³/mol. The highest BCUT2D eigenvalue weighted by molar-refractivity contribution is 5.66. The molecule has 0 unspecified atom stereocenters. The first-order valence-electron chi connectivity index (χ1n) is 14.3. The standard InChI is InChI=1S/C32H52O2/c1-21(2)11-10-12-22(3)24-15-19-31(8)25(24)13-14-27-30(7)18-17-28(34-23(4)33)29(5,6)26(30)16-20-32(27,31)9/h11,22,26-28H,10,12-20H2,1-9H3/t22-,26-,27+,28+,30-,31+,32+/m0/s1. The molecule has 2 heteroatoms. The van der Waals surface area contributed by atoms with Gasteiger partial charge >= 0.3 is 5.97 Å². The van der Waals surface area contributed by atoms with Gasteiger partial charge in [0.1, 0.15) is 6.10 Å². The fraction of sp³-hybridized carbons (Fsp3) is 0.844. The van der Waals surface area contributed by atoms with Crippen LogP contribution in [-0.4, -0.2) is 12.1 Å². The molecule has 2 nitrogen and oxygen atoms in total. The number of esters is 1. The third-order valence-electron chi connectivity index (χ3n) is 11.9. The van der Waals surface area contributed by atoms with E-state index in [1.54, 1.807) is 6.92 Å². The van der Waals surface area contributed by atoms with Crippen LogP contribution in [0.2, 0.25) is 0 Å². The Morgan fingerprint density at radius 2 is 1.68 bits per heavy atom. The number of rotatable bonds is 5. The maximum atomic E-state index is 11.8. The fourth-order valence-electron chi connectivity index (χ4n) is 9.98. The van der Waals surface area contributed by atoms with Crippen molar-refractivity contribution in [3.63, 3.8) is 0 Å². The van der Waals surface area contributed by atoms with E-state index < -0.39 is 0 Å². The van der Waals surface area contributed by atoms with Crippen molar-refractivity contribution in [2.24, 2.45) is 39.4 Å². The summed E-state index contributed by atoms with van der Waals surface area (Å²) in [6, 6.07) is 0. The molecular formula is C32H52O2. The zero-order valence-corrected chi connectivity index (χ0v) is 23.8. The first-order chi connectivity index (χ1) is 15.8. The Kier molecular flexibility index (Phi) is 6.74. The van der Waals surface area contributed by atoms with Gasteiger partial charge in [0.15, 0.2) is 0 Å². The van der Waals surface area contributed by atoms with Crippen molar-refractivity contribution in [2.75, 3.05) is 0 Å². The summed E-state index contributed by atoms with van der Waals surface area (Å²) in [5.41, 5.74) is 6.29. The number of carbonyl (C=O) groups is 1. The van der Waals surface area contributed by atoms with Crippen molar-refractivity contribution in [3.05, 3.63) is 22.8 Å². The van der Waals surface area contributed by atoms with Crippen LogP contribution in [0, 0.1) is 39.4 Å². The number of allylic oxidation sites excluding steroid dienone is 4. The van der Waals surface area contributed by atoms with Crippen molar-refractivity contribution in [3.8, 4) is 0 Å². The summed E-state index contributed by atoms with van der Waals surface area (Å²) >= 11 is 0. The van der Waals surface area contributed by atoms with Gasteiger partial charge in [-0.3, -0.25) is 4.79 Å². The first kappa shape index (κ1) is 26.0. The molecule has 0 aromatic carbocycles. The van der Waals surface area contributed by atoms with E-state index in [1.807, 2.05) is 11.1 Å². The molecule has 0 bridgehead atoms. The molecule has 34 heavy (non-hydrogen) atoms. The van der Waals surface area contributed by atoms with Crippen molar-refractivity contribution in [1.82, 2.24) is 0 Å². The molecular weight excluding hydrogens is 416 g/mol. The Morgan fingerprint density at radius 3 is 2.32 bits per heavy atom. The average molecular weight is 469 g/mol. The minimum atomic E-state index is -0.112. The Hall–Kier alpha value is -1.05. The SMILES string of the molecule is CC(=O)O[C@@H]1CC[C@]2(C)[C@H]3CCC4=C([C@@H](C)CCC=C(C)C)CC[C@@]4(C)[C@]3(C)CC[C@H]2C1(C)C. The van der Waals surface area contributed by atoms with Crippen LogP contribution in [0.4, 0.5) is 0 Å². The Balaban J connectivity index is 1.62. The average Bonchev–Trinajstić information content (AvgIpc) is 3.08. The topological polar surface area (TPSA) is 26.3 Å². The molecule has 0 radical (unpaired) electrons. The van der Waals surface area contributed by atoms with E-state index in [1.165, 1.54) is 63.4 Å². The van der Waals surface area contributed by atoms with E-state index in [0.29, 0.717) is 22.2 Å². The number of ether oxygens (including phenoxy) is 1. The maximum absolute atomic E-state index is 11.8. The molecule has 4 aliphatic carbocycles. The summed E-state index contributed by atoms with van der Waals surface area (Å²) in [5.74, 6) is 2.01. The molecule has 0 spiro atoms. The van der Waals surface area contributed by atoms with Crippen LogP contribution >= 0.6 is 0 Å². The number of carbonyl (C=O) groups excluding carboxylic acids is 1. The third kappa shape index (κ3) is 3.85. The summed E-state index contributed by atoms with van der Waals surface area (Å²) in [6.45, 7) is 21.3. The lowest BCUT2D eigenvalue weighted by Crippen LogP contribution is -2.63. The maximum Gasteiger partial charge on any atom is 0.302 e. The first-order valence-corrected chi connectivity index (χ1v) is 14.3. The molecule has 0 amide bonds. The number of hydrogen-bond donors (Lipinski definition) is 0. The van der Waals surface area contributed by atoms with E-state index in [2.05, 4.69) is 61.5 Å². The quantitative estimate of drug-likeness (QED) is 0.297. The van der Waals surface area contributed by atoms with E-state index >= 15 is 0 Å². The highest BCUT2D eigenvalue weighted by Crippen LogP contribution is 2.74. The van der Waals surface area contributed by atoms with Crippen LogP contribution in [0.5, 0.6) is 0 Å². The van der Waals surface area contributed by atoms with Gasteiger partial charge < -0.3 is 4.74 Å². The van der Waals surface area contributed by atoms with Crippen molar-refractivity contribution in [1.29, 1.82) is 0 Å². The van der Waals surface area contributed by atoms with Crippen LogP contribution in [0.25, 0.3) is 0 Å². The van der Waals surface area contributed by atoms with Gasteiger partial charge in [-0.15, -0.1) is 0 Å². The van der Waals surface area contributed by atoms with Gasteiger partial charge in [-0.1, -0.05) is 64.3 Å². The van der Waals surface area contributed by atoms with Gasteiger partial charge in [-0.2, -0.15) is 0 Å². The summed E-state index contributed by atoms with van der Waals surface area (Å²) < 4.78 is 5.89. The zero-order chi connectivity index (χ0) is 25.1. The van der Waals surface area contributed by atoms with Crippen LogP contribution in [0.3, 0.4) is 0 Å². The van der Waals surface area contributed by atoms with Crippen LogP contribution in [-0.2, 0) is 9.53 Å². The highest BCUT2D eigenvalue weighted by Gasteiger charge is 2.67. The van der Waals surface area contributed by atoms with Gasteiger partial charge in [0, 0.05) is 12.3 Å². The van der Waals surface area contributed by atoms with Crippen molar-refractivity contribution < 1.29 is 9.53 Å². The lowest BCUT2D eigenvalue weighted by atomic mass is 9.36. The molecule has 7 atom stereocenters. The lowest BCUT2D eigenvalue weighted by molar-refractivity contribution is -0.210. The fourth-order valence-corrected chi connectivity index (χ4v) is 9.98. The van der Waals surface area contributed by atoms with E-state index in [-0.39, 0.29) is 17.5 Å². The predicted octanol–water partition coefficient (Wildman–Crippen LogP) is 9.05. The molecule has 0 aromatic rings. The highest BCUT2D eigenvalue weighted by atomic mass is 16.5. The van der Waals surface area contributed by atoms with Gasteiger partial charge in [-0.05, 0) is 112 Å². The Morgan fingerprint density at radius 1 is 0.971 bits per heavy atom. The molecule has 3 fully saturated rings. The zero-order valence-electron chi connectivity index (χ0n) is 23.8. The number of hydrogen-bond acceptors (Lipinski definition) is 2. The summed E-state index contributed by atoms with van der Waals surface area (Å²) in [7, 11) is 0. The van der Waals surface area contributed by atoms with Crippen molar-refractivity contribution in [2.45, 2.75) is 133 Å². The van der Waals surface area contributed by atoms with Crippen LogP contribution in [0.15, 0.2) is 22.8 Å². The van der Waals surface area contributed by atoms with E-state index in [0.717, 1.165) is 18.3 Å². The van der Waals surface area contributed by atoms with Crippen LogP contribution in [0.1, 0.15) is 127 Å². The second-order valence-corrected chi connectivity index (χ2v) is 14.2. The minimum absolute atomic E-state index is 0.0529. The monoisotopic (exact) mass is 468 g/mol. The largest absolute Gasteiger partial charge is 0.462 e. The minimum Gasteiger partial charge on any atom is -0.462 e. The van der Waals surface area contributed by atoms with Gasteiger partial charge in [0.25, 0.3) is 0 Å². The second kappa shape index (κ2) is 8.81. The molecule has 0 aliphatic heterocycles. The smallest absolute Gasteiger partial charge is 0.302 e. The molecule has 192 valence electrons. The molecule has 3 saturated carbocycles. The van der Waals surface area contributed by atoms with Gasteiger partial charge in [0.05, 0.1) is 0 Å². The Labute approximate surface area is 210 Å². The van der Waals surface area contributed by atoms with Gasteiger partial charge in [0.2, 0.25) is 0 Å². The van der Waals surface area contributed by atoms with Crippen molar-refractivity contribution >= 4 is 5.97 Å². The van der Waals surface area contributed by atoms with Gasteiger partial charge in [-0.25, -0.2) is 0 Å². The van der Waals surface area contributed by atoms with E-state index in [4.69, 9.17) is 4.74 Å². The normalized spacial score (nSPS) is 41.7. The van der Waals surface area contributed by atoms with Crippen LogP contribution < -0.4 is 0 Å².